The number of nitrogens with zero attached hydrogens (tertiary/aromatic N) is 3. The predicted molar refractivity (Wildman–Crippen MR) is 112 cm³/mol. The van der Waals surface area contributed by atoms with Gasteiger partial charge in [-0.05, 0) is 25.0 Å². The molecular weight excluding hydrogens is 420 g/mol. The van der Waals surface area contributed by atoms with Crippen LogP contribution in [0.4, 0.5) is 10.8 Å². The number of hydrogen-bond donors (Lipinski definition) is 1. The molecule has 0 aliphatic carbocycles. The number of thioether (sulfide) groups is 1. The average Bonchev–Trinajstić information content (AvgIpc) is 3.12. The summed E-state index contributed by atoms with van der Waals surface area (Å²) in [6.45, 7) is 5.71. The first-order valence-corrected chi connectivity index (χ1v) is 12.2. The van der Waals surface area contributed by atoms with E-state index < -0.39 is 22.0 Å². The van der Waals surface area contributed by atoms with Gasteiger partial charge in [0, 0.05) is 5.75 Å². The first-order valence-electron chi connectivity index (χ1n) is 8.83. The third-order valence-electron chi connectivity index (χ3n) is 3.90. The molecule has 1 aromatic carbocycles. The van der Waals surface area contributed by atoms with Gasteiger partial charge in [-0.2, -0.15) is 0 Å². The number of sulfonamides is 1. The molecule has 11 heteroatoms. The van der Waals surface area contributed by atoms with Crippen LogP contribution in [0.25, 0.3) is 0 Å². The third-order valence-corrected chi connectivity index (χ3v) is 8.05. The SMILES string of the molecule is CCS(=O)(=O)N1CC(C(=O)Nc2nnc(SCC(C)C)s2)Oc2ccccc21. The second kappa shape index (κ2) is 8.66. The summed E-state index contributed by atoms with van der Waals surface area (Å²) < 4.78 is 32.7. The standard InChI is InChI=1S/C17H22N4O4S3/c1-4-28(23,24)21-9-14(25-13-8-6-5-7-12(13)21)15(22)18-16-19-20-17(27-16)26-10-11(2)3/h5-8,11,14H,4,9-10H2,1-3H3,(H,18,19,22). The number of para-hydroxylation sites is 2. The molecule has 1 amide bonds. The molecule has 2 heterocycles. The van der Waals surface area contributed by atoms with Crippen molar-refractivity contribution in [3.63, 3.8) is 0 Å². The van der Waals surface area contributed by atoms with E-state index >= 15 is 0 Å². The van der Waals surface area contributed by atoms with Crippen LogP contribution in [-0.2, 0) is 14.8 Å². The zero-order valence-corrected chi connectivity index (χ0v) is 18.2. The first kappa shape index (κ1) is 20.9. The first-order chi connectivity index (χ1) is 13.3. The van der Waals surface area contributed by atoms with Crippen LogP contribution in [0, 0.1) is 5.92 Å². The minimum Gasteiger partial charge on any atom is -0.476 e. The molecule has 3 rings (SSSR count). The van der Waals surface area contributed by atoms with Crippen LogP contribution in [0.15, 0.2) is 28.6 Å². The van der Waals surface area contributed by atoms with Crippen LogP contribution in [0.5, 0.6) is 5.75 Å². The highest BCUT2D eigenvalue weighted by atomic mass is 32.2. The zero-order chi connectivity index (χ0) is 20.3. The van der Waals surface area contributed by atoms with Gasteiger partial charge in [-0.3, -0.25) is 14.4 Å². The molecule has 0 bridgehead atoms. The van der Waals surface area contributed by atoms with Gasteiger partial charge < -0.3 is 4.74 Å². The van der Waals surface area contributed by atoms with Gasteiger partial charge in [0.15, 0.2) is 10.4 Å². The van der Waals surface area contributed by atoms with Crippen molar-refractivity contribution in [1.29, 1.82) is 0 Å². The van der Waals surface area contributed by atoms with E-state index in [9.17, 15) is 13.2 Å². The van der Waals surface area contributed by atoms with Gasteiger partial charge in [0.05, 0.1) is 18.0 Å². The molecule has 8 nitrogen and oxygen atoms in total. The summed E-state index contributed by atoms with van der Waals surface area (Å²) in [6, 6.07) is 6.79. The quantitative estimate of drug-likeness (QED) is 0.520. The lowest BCUT2D eigenvalue weighted by molar-refractivity contribution is -0.122. The van der Waals surface area contributed by atoms with Crippen molar-refractivity contribution in [3.05, 3.63) is 24.3 Å². The van der Waals surface area contributed by atoms with Crippen LogP contribution < -0.4 is 14.4 Å². The van der Waals surface area contributed by atoms with Crippen LogP contribution in [-0.4, -0.2) is 48.7 Å². The molecule has 0 fully saturated rings. The number of benzene rings is 1. The molecule has 0 saturated heterocycles. The number of fused-ring (bicyclic) bond motifs is 1. The van der Waals surface area contributed by atoms with Crippen LogP contribution in [0.1, 0.15) is 20.8 Å². The van der Waals surface area contributed by atoms with Gasteiger partial charge in [0.1, 0.15) is 5.75 Å². The summed E-state index contributed by atoms with van der Waals surface area (Å²) in [4.78, 5) is 12.7. The second-order valence-electron chi connectivity index (χ2n) is 6.57. The molecule has 1 unspecified atom stereocenters. The maximum absolute atomic E-state index is 12.7. The number of nitrogens with one attached hydrogen (secondary N) is 1. The van der Waals surface area contributed by atoms with E-state index in [1.54, 1.807) is 43.0 Å². The van der Waals surface area contributed by atoms with E-state index in [0.717, 1.165) is 10.1 Å². The molecule has 1 N–H and O–H groups in total. The van der Waals surface area contributed by atoms with Gasteiger partial charge in [-0.1, -0.05) is 49.1 Å². The highest BCUT2D eigenvalue weighted by molar-refractivity contribution is 8.01. The molecule has 1 aromatic heterocycles. The van der Waals surface area contributed by atoms with Gasteiger partial charge in [-0.15, -0.1) is 10.2 Å². The van der Waals surface area contributed by atoms with Crippen molar-refractivity contribution in [2.45, 2.75) is 31.2 Å². The second-order valence-corrected chi connectivity index (χ2v) is 11.0. The van der Waals surface area contributed by atoms with E-state index in [1.165, 1.54) is 15.6 Å². The Bertz CT molecular complexity index is 945. The Kier molecular flexibility index (Phi) is 6.46. The van der Waals surface area contributed by atoms with Crippen molar-refractivity contribution in [2.75, 3.05) is 27.7 Å². The lowest BCUT2D eigenvalue weighted by Gasteiger charge is -2.34. The summed E-state index contributed by atoms with van der Waals surface area (Å²) in [5.41, 5.74) is 0.441. The van der Waals surface area contributed by atoms with Gasteiger partial charge in [0.25, 0.3) is 5.91 Å². The van der Waals surface area contributed by atoms with Crippen LogP contribution >= 0.6 is 23.1 Å². The number of hydrogen-bond acceptors (Lipinski definition) is 8. The lowest BCUT2D eigenvalue weighted by atomic mass is 10.2. The summed E-state index contributed by atoms with van der Waals surface area (Å²) in [7, 11) is -3.54. The van der Waals surface area contributed by atoms with Crippen molar-refractivity contribution in [3.8, 4) is 5.75 Å². The van der Waals surface area contributed by atoms with E-state index in [1.807, 2.05) is 0 Å². The lowest BCUT2D eigenvalue weighted by Crippen LogP contribution is -2.49. The zero-order valence-electron chi connectivity index (χ0n) is 15.8. The Morgan fingerprint density at radius 1 is 1.39 bits per heavy atom. The molecule has 28 heavy (non-hydrogen) atoms. The number of ether oxygens (including phenoxy) is 1. The topological polar surface area (TPSA) is 101 Å². The number of anilines is 2. The summed E-state index contributed by atoms with van der Waals surface area (Å²) in [5.74, 6) is 1.27. The number of rotatable bonds is 7. The van der Waals surface area contributed by atoms with Gasteiger partial charge in [-0.25, -0.2) is 8.42 Å². The monoisotopic (exact) mass is 442 g/mol. The van der Waals surface area contributed by atoms with Crippen LogP contribution in [0.3, 0.4) is 0 Å². The summed E-state index contributed by atoms with van der Waals surface area (Å²) in [5, 5.41) is 11.1. The Balaban J connectivity index is 1.74. The molecule has 152 valence electrons. The molecule has 2 aromatic rings. The molecule has 1 aliphatic rings. The van der Waals surface area contributed by atoms with Crippen molar-refractivity contribution < 1.29 is 17.9 Å². The van der Waals surface area contributed by atoms with E-state index in [0.29, 0.717) is 22.5 Å². The predicted octanol–water partition coefficient (Wildman–Crippen LogP) is 2.84. The highest BCUT2D eigenvalue weighted by Crippen LogP contribution is 2.35. The van der Waals surface area contributed by atoms with Crippen molar-refractivity contribution in [2.24, 2.45) is 5.92 Å². The molecule has 0 saturated carbocycles. The minimum atomic E-state index is -3.54. The maximum atomic E-state index is 12.7. The summed E-state index contributed by atoms with van der Waals surface area (Å²) in [6.07, 6.45) is -0.980. The third kappa shape index (κ3) is 4.76. The maximum Gasteiger partial charge on any atom is 0.269 e. The number of amides is 1. The van der Waals surface area contributed by atoms with Crippen molar-refractivity contribution >= 4 is 49.8 Å². The largest absolute Gasteiger partial charge is 0.476 e. The van der Waals surface area contributed by atoms with E-state index in [4.69, 9.17) is 4.74 Å². The molecule has 0 spiro atoms. The van der Waals surface area contributed by atoms with E-state index in [2.05, 4.69) is 29.4 Å². The van der Waals surface area contributed by atoms with E-state index in [-0.39, 0.29) is 12.3 Å². The highest BCUT2D eigenvalue weighted by Gasteiger charge is 2.36. The Morgan fingerprint density at radius 3 is 2.86 bits per heavy atom. The number of carbonyl (C=O) groups is 1. The minimum absolute atomic E-state index is 0.0670. The summed E-state index contributed by atoms with van der Waals surface area (Å²) >= 11 is 2.87. The Morgan fingerprint density at radius 2 is 2.14 bits per heavy atom. The van der Waals surface area contributed by atoms with Gasteiger partial charge >= 0.3 is 0 Å². The fourth-order valence-corrected chi connectivity index (χ4v) is 5.36. The number of aromatic nitrogens is 2. The Hall–Kier alpha value is -1.85. The van der Waals surface area contributed by atoms with Crippen molar-refractivity contribution in [1.82, 2.24) is 10.2 Å². The molecule has 0 radical (unpaired) electrons. The number of carbonyl (C=O) groups excluding carboxylic acids is 1. The fraction of sp³-hybridized carbons (Fsp3) is 0.471. The Labute approximate surface area is 172 Å². The normalized spacial score (nSPS) is 16.6. The van der Waals surface area contributed by atoms with Crippen LogP contribution in [0.2, 0.25) is 0 Å². The molecule has 1 aliphatic heterocycles. The van der Waals surface area contributed by atoms with Gasteiger partial charge in [0.2, 0.25) is 15.2 Å². The molecule has 1 atom stereocenters. The molecular formula is C17H22N4O4S3. The fourth-order valence-electron chi connectivity index (χ4n) is 2.50. The smallest absolute Gasteiger partial charge is 0.269 e. The average molecular weight is 443 g/mol.